The molecule has 0 aliphatic carbocycles. The molecule has 0 radical (unpaired) electrons. The fourth-order valence-electron chi connectivity index (χ4n) is 4.49. The van der Waals surface area contributed by atoms with Gasteiger partial charge < -0.3 is 9.47 Å². The van der Waals surface area contributed by atoms with Crippen LogP contribution in [-0.4, -0.2) is 22.0 Å². The molecule has 3 aromatic carbocycles. The molecule has 2 heterocycles. The second-order valence-corrected chi connectivity index (χ2v) is 8.80. The first kappa shape index (κ1) is 19.8. The number of amides is 1. The van der Waals surface area contributed by atoms with E-state index in [9.17, 15) is 4.79 Å². The van der Waals surface area contributed by atoms with Crippen molar-refractivity contribution in [1.82, 2.24) is 9.55 Å². The third-order valence-electron chi connectivity index (χ3n) is 6.13. The van der Waals surface area contributed by atoms with E-state index in [-0.39, 0.29) is 11.8 Å². The third kappa shape index (κ3) is 3.72. The van der Waals surface area contributed by atoms with E-state index in [4.69, 9.17) is 16.6 Å². The van der Waals surface area contributed by atoms with Crippen molar-refractivity contribution in [3.8, 4) is 0 Å². The quantitative estimate of drug-likeness (QED) is 0.406. The van der Waals surface area contributed by atoms with Gasteiger partial charge in [0.05, 0.1) is 11.0 Å². The van der Waals surface area contributed by atoms with Crippen LogP contribution in [0.15, 0.2) is 66.7 Å². The number of aromatic nitrogens is 2. The molecule has 5 heteroatoms. The van der Waals surface area contributed by atoms with Gasteiger partial charge in [0.15, 0.2) is 0 Å². The first-order chi connectivity index (χ1) is 15.0. The maximum absolute atomic E-state index is 12.9. The van der Waals surface area contributed by atoms with Crippen molar-refractivity contribution in [1.29, 1.82) is 0 Å². The van der Waals surface area contributed by atoms with Crippen LogP contribution in [0.4, 0.5) is 5.69 Å². The predicted molar refractivity (Wildman–Crippen MR) is 126 cm³/mol. The molecule has 0 spiro atoms. The molecule has 156 valence electrons. The molecule has 4 nitrogen and oxygen atoms in total. The number of carbonyl (C=O) groups excluding carboxylic acids is 1. The zero-order valence-corrected chi connectivity index (χ0v) is 18.4. The van der Waals surface area contributed by atoms with Crippen LogP contribution in [0.5, 0.6) is 0 Å². The van der Waals surface area contributed by atoms with Crippen LogP contribution >= 0.6 is 11.6 Å². The lowest BCUT2D eigenvalue weighted by molar-refractivity contribution is -0.117. The lowest BCUT2D eigenvalue weighted by atomic mass is 10.0. The average molecular weight is 430 g/mol. The Morgan fingerprint density at radius 2 is 1.87 bits per heavy atom. The summed E-state index contributed by atoms with van der Waals surface area (Å²) in [5.41, 5.74) is 6.70. The Bertz CT molecular complexity index is 1290. The minimum atomic E-state index is 0.0315. The van der Waals surface area contributed by atoms with Gasteiger partial charge in [-0.2, -0.15) is 0 Å². The van der Waals surface area contributed by atoms with E-state index in [0.717, 1.165) is 29.1 Å². The molecule has 4 aromatic rings. The van der Waals surface area contributed by atoms with Gasteiger partial charge in [0.1, 0.15) is 5.82 Å². The van der Waals surface area contributed by atoms with E-state index < -0.39 is 0 Å². The number of para-hydroxylation sites is 2. The van der Waals surface area contributed by atoms with Crippen molar-refractivity contribution in [3.05, 3.63) is 94.3 Å². The van der Waals surface area contributed by atoms with Crippen LogP contribution in [0.1, 0.15) is 34.9 Å². The Morgan fingerprint density at radius 3 is 2.71 bits per heavy atom. The minimum Gasteiger partial charge on any atom is -0.323 e. The average Bonchev–Trinajstić information content (AvgIpc) is 3.31. The molecular weight excluding hydrogens is 406 g/mol. The Balaban J connectivity index is 1.55. The molecule has 1 fully saturated rings. The number of nitrogens with zero attached hydrogens (tertiary/aromatic N) is 3. The Labute approximate surface area is 187 Å². The highest BCUT2D eigenvalue weighted by atomic mass is 35.5. The van der Waals surface area contributed by atoms with E-state index in [0.29, 0.717) is 18.0 Å². The van der Waals surface area contributed by atoms with Crippen molar-refractivity contribution >= 4 is 34.2 Å². The summed E-state index contributed by atoms with van der Waals surface area (Å²) in [7, 11) is 0. The highest BCUT2D eigenvalue weighted by molar-refractivity contribution is 6.30. The van der Waals surface area contributed by atoms with Crippen molar-refractivity contribution in [2.75, 3.05) is 11.4 Å². The summed E-state index contributed by atoms with van der Waals surface area (Å²) in [6.45, 7) is 5.61. The van der Waals surface area contributed by atoms with E-state index in [1.165, 1.54) is 16.7 Å². The van der Waals surface area contributed by atoms with Crippen LogP contribution in [0.25, 0.3) is 11.0 Å². The first-order valence-electron chi connectivity index (χ1n) is 10.6. The fraction of sp³-hybridized carbons (Fsp3) is 0.231. The van der Waals surface area contributed by atoms with Crippen molar-refractivity contribution in [2.24, 2.45) is 0 Å². The topological polar surface area (TPSA) is 38.1 Å². The van der Waals surface area contributed by atoms with Gasteiger partial charge in [-0.1, -0.05) is 53.6 Å². The van der Waals surface area contributed by atoms with Crippen molar-refractivity contribution in [3.63, 3.8) is 0 Å². The molecular formula is C26H24ClN3O. The zero-order valence-electron chi connectivity index (χ0n) is 17.7. The SMILES string of the molecule is Cc1ccc(C)c(Cn2c(C3CC(=O)N(c4cccc(Cl)c4)C3)nc3ccccc32)c1. The highest BCUT2D eigenvalue weighted by Gasteiger charge is 2.35. The molecule has 1 aliphatic rings. The summed E-state index contributed by atoms with van der Waals surface area (Å²) in [5, 5.41) is 0.635. The van der Waals surface area contributed by atoms with E-state index in [1.54, 1.807) is 0 Å². The Morgan fingerprint density at radius 1 is 1.03 bits per heavy atom. The number of anilines is 1. The lowest BCUT2D eigenvalue weighted by Gasteiger charge is -2.18. The number of benzene rings is 3. The minimum absolute atomic E-state index is 0.0315. The van der Waals surface area contributed by atoms with E-state index >= 15 is 0 Å². The van der Waals surface area contributed by atoms with Crippen molar-refractivity contribution < 1.29 is 4.79 Å². The van der Waals surface area contributed by atoms with Crippen LogP contribution in [0.2, 0.25) is 5.02 Å². The molecule has 0 saturated carbocycles. The van der Waals surface area contributed by atoms with Crippen LogP contribution < -0.4 is 4.90 Å². The van der Waals surface area contributed by atoms with Crippen LogP contribution in [0, 0.1) is 13.8 Å². The largest absolute Gasteiger partial charge is 0.323 e. The Kier molecular flexibility index (Phi) is 5.03. The number of halogens is 1. The van der Waals surface area contributed by atoms with Gasteiger partial charge in [0.25, 0.3) is 0 Å². The molecule has 1 saturated heterocycles. The van der Waals surface area contributed by atoms with Crippen molar-refractivity contribution in [2.45, 2.75) is 32.7 Å². The summed E-state index contributed by atoms with van der Waals surface area (Å²) < 4.78 is 2.29. The van der Waals surface area contributed by atoms with Gasteiger partial charge in [-0.05, 0) is 55.3 Å². The fourth-order valence-corrected chi connectivity index (χ4v) is 4.67. The second-order valence-electron chi connectivity index (χ2n) is 8.36. The molecule has 0 bridgehead atoms. The summed E-state index contributed by atoms with van der Waals surface area (Å²) in [6, 6.07) is 22.3. The molecule has 1 aromatic heterocycles. The second kappa shape index (κ2) is 7.86. The molecule has 1 aliphatic heterocycles. The molecule has 1 atom stereocenters. The lowest BCUT2D eigenvalue weighted by Crippen LogP contribution is -2.24. The van der Waals surface area contributed by atoms with Gasteiger partial charge in [0, 0.05) is 36.1 Å². The summed E-state index contributed by atoms with van der Waals surface area (Å²) in [5.74, 6) is 1.11. The molecule has 5 rings (SSSR count). The number of aryl methyl sites for hydroxylation is 2. The van der Waals surface area contributed by atoms with E-state index in [2.05, 4.69) is 42.7 Å². The van der Waals surface area contributed by atoms with Gasteiger partial charge in [-0.25, -0.2) is 4.98 Å². The Hall–Kier alpha value is -3.11. The summed E-state index contributed by atoms with van der Waals surface area (Å²) in [4.78, 5) is 19.7. The van der Waals surface area contributed by atoms with Gasteiger partial charge in [0.2, 0.25) is 5.91 Å². The van der Waals surface area contributed by atoms with E-state index in [1.807, 2.05) is 47.4 Å². The van der Waals surface area contributed by atoms with Gasteiger partial charge in [-0.15, -0.1) is 0 Å². The maximum atomic E-state index is 12.9. The number of hydrogen-bond donors (Lipinski definition) is 0. The predicted octanol–water partition coefficient (Wildman–Crippen LogP) is 5.88. The maximum Gasteiger partial charge on any atom is 0.227 e. The van der Waals surface area contributed by atoms with Gasteiger partial charge in [-0.3, -0.25) is 4.79 Å². The monoisotopic (exact) mass is 429 g/mol. The number of imidazole rings is 1. The van der Waals surface area contributed by atoms with Gasteiger partial charge >= 0.3 is 0 Å². The smallest absolute Gasteiger partial charge is 0.227 e. The molecule has 31 heavy (non-hydrogen) atoms. The number of fused-ring (bicyclic) bond motifs is 1. The zero-order chi connectivity index (χ0) is 21.5. The first-order valence-corrected chi connectivity index (χ1v) is 10.9. The van der Waals surface area contributed by atoms with Crippen LogP contribution in [-0.2, 0) is 11.3 Å². The number of carbonyl (C=O) groups is 1. The normalized spacial score (nSPS) is 16.4. The number of rotatable bonds is 4. The molecule has 1 amide bonds. The third-order valence-corrected chi connectivity index (χ3v) is 6.36. The number of hydrogen-bond acceptors (Lipinski definition) is 2. The molecule has 1 unspecified atom stereocenters. The standard InChI is InChI=1S/C26H24ClN3O/c1-17-10-11-18(2)19(12-17)15-30-24-9-4-3-8-23(24)28-26(30)20-13-25(31)29(16-20)22-7-5-6-21(27)14-22/h3-12,14,20H,13,15-16H2,1-2H3. The summed E-state index contributed by atoms with van der Waals surface area (Å²) in [6.07, 6.45) is 0.447. The van der Waals surface area contributed by atoms with Crippen LogP contribution in [0.3, 0.4) is 0 Å². The summed E-state index contributed by atoms with van der Waals surface area (Å²) >= 11 is 6.17. The molecule has 0 N–H and O–H groups in total. The highest BCUT2D eigenvalue weighted by Crippen LogP contribution is 2.34.